The Labute approximate surface area is 104 Å². The molecule has 2 heteroatoms. The fraction of sp³-hybridized carbons (Fsp3) is 0.533. The summed E-state index contributed by atoms with van der Waals surface area (Å²) in [6, 6.07) is 10.2. The molecule has 0 aromatic heterocycles. The molecule has 0 aliphatic heterocycles. The third-order valence-corrected chi connectivity index (χ3v) is 3.57. The molecule has 1 amide bonds. The summed E-state index contributed by atoms with van der Waals surface area (Å²) in [5.74, 6) is 0.489. The van der Waals surface area contributed by atoms with Gasteiger partial charge < -0.3 is 5.32 Å². The molecule has 1 aromatic carbocycles. The Morgan fingerprint density at radius 3 is 2.35 bits per heavy atom. The Balaban J connectivity index is 2.40. The summed E-state index contributed by atoms with van der Waals surface area (Å²) in [7, 11) is 0. The van der Waals surface area contributed by atoms with E-state index in [9.17, 15) is 4.79 Å². The Morgan fingerprint density at radius 2 is 1.82 bits per heavy atom. The summed E-state index contributed by atoms with van der Waals surface area (Å²) >= 11 is 0. The minimum atomic E-state index is -0.295. The van der Waals surface area contributed by atoms with E-state index in [1.54, 1.807) is 0 Å². The molecule has 0 bridgehead atoms. The van der Waals surface area contributed by atoms with Gasteiger partial charge in [0.15, 0.2) is 0 Å². The van der Waals surface area contributed by atoms with Crippen LogP contribution < -0.4 is 5.32 Å². The Bertz CT molecular complexity index is 354. The highest BCUT2D eigenvalue weighted by Crippen LogP contribution is 2.25. The molecule has 1 aromatic rings. The lowest BCUT2D eigenvalue weighted by Crippen LogP contribution is -2.41. The molecule has 0 atom stereocenters. The van der Waals surface area contributed by atoms with Crippen molar-refractivity contribution in [2.24, 2.45) is 11.3 Å². The van der Waals surface area contributed by atoms with Crippen LogP contribution in [0.5, 0.6) is 0 Å². The first-order valence-corrected chi connectivity index (χ1v) is 6.27. The largest absolute Gasteiger partial charge is 0.355 e. The molecule has 1 rings (SSSR count). The van der Waals surface area contributed by atoms with E-state index in [1.165, 1.54) is 5.56 Å². The van der Waals surface area contributed by atoms with Crippen LogP contribution in [0.4, 0.5) is 0 Å². The van der Waals surface area contributed by atoms with Crippen LogP contribution in [0.3, 0.4) is 0 Å². The second-order valence-electron chi connectivity index (χ2n) is 5.37. The Morgan fingerprint density at radius 1 is 1.24 bits per heavy atom. The van der Waals surface area contributed by atoms with Crippen LogP contribution in [0, 0.1) is 11.3 Å². The summed E-state index contributed by atoms with van der Waals surface area (Å²) in [5, 5.41) is 3.01. The van der Waals surface area contributed by atoms with Gasteiger partial charge in [-0.1, -0.05) is 58.0 Å². The Hall–Kier alpha value is -1.31. The molecule has 0 radical (unpaired) electrons. The number of carbonyl (C=O) groups is 1. The van der Waals surface area contributed by atoms with Gasteiger partial charge in [0.2, 0.25) is 5.91 Å². The third kappa shape index (κ3) is 3.88. The molecule has 0 heterocycles. The Kier molecular flexibility index (Phi) is 4.73. The molecule has 0 spiro atoms. The zero-order valence-corrected chi connectivity index (χ0v) is 11.3. The van der Waals surface area contributed by atoms with Crippen molar-refractivity contribution < 1.29 is 4.79 Å². The van der Waals surface area contributed by atoms with E-state index < -0.39 is 0 Å². The van der Waals surface area contributed by atoms with Gasteiger partial charge in [0.1, 0.15) is 0 Å². The van der Waals surface area contributed by atoms with Crippen LogP contribution in [-0.2, 0) is 11.2 Å². The van der Waals surface area contributed by atoms with Crippen molar-refractivity contribution in [2.75, 3.05) is 6.54 Å². The first-order chi connectivity index (χ1) is 7.94. The van der Waals surface area contributed by atoms with Crippen LogP contribution in [0.25, 0.3) is 0 Å². The molecule has 94 valence electrons. The molecule has 1 N–H and O–H groups in total. The number of hydrogen-bond acceptors (Lipinski definition) is 1. The minimum Gasteiger partial charge on any atom is -0.355 e. The summed E-state index contributed by atoms with van der Waals surface area (Å²) in [6.07, 6.45) is 0.890. The van der Waals surface area contributed by atoms with Crippen molar-refractivity contribution in [1.29, 1.82) is 0 Å². The van der Waals surface area contributed by atoms with E-state index in [-0.39, 0.29) is 11.3 Å². The van der Waals surface area contributed by atoms with Gasteiger partial charge in [0.25, 0.3) is 0 Å². The van der Waals surface area contributed by atoms with Crippen molar-refractivity contribution >= 4 is 5.91 Å². The highest BCUT2D eigenvalue weighted by molar-refractivity contribution is 5.82. The van der Waals surface area contributed by atoms with E-state index in [4.69, 9.17) is 0 Å². The molecular weight excluding hydrogens is 210 g/mol. The smallest absolute Gasteiger partial charge is 0.225 e. The predicted molar refractivity (Wildman–Crippen MR) is 71.8 cm³/mol. The number of carbonyl (C=O) groups excluding carboxylic acids is 1. The van der Waals surface area contributed by atoms with E-state index in [0.29, 0.717) is 12.5 Å². The molecule has 0 saturated heterocycles. The number of nitrogens with one attached hydrogen (secondary N) is 1. The molecule has 0 aliphatic carbocycles. The average molecular weight is 233 g/mol. The van der Waals surface area contributed by atoms with Gasteiger partial charge in [-0.05, 0) is 17.9 Å². The van der Waals surface area contributed by atoms with E-state index >= 15 is 0 Å². The molecule has 2 nitrogen and oxygen atoms in total. The number of rotatable bonds is 5. The summed E-state index contributed by atoms with van der Waals surface area (Å²) in [4.78, 5) is 12.0. The fourth-order valence-electron chi connectivity index (χ4n) is 1.46. The first kappa shape index (κ1) is 13.8. The first-order valence-electron chi connectivity index (χ1n) is 6.27. The lowest BCUT2D eigenvalue weighted by Gasteiger charge is -2.27. The summed E-state index contributed by atoms with van der Waals surface area (Å²) in [5.41, 5.74) is 0.964. The minimum absolute atomic E-state index is 0.142. The lowest BCUT2D eigenvalue weighted by atomic mass is 9.80. The van der Waals surface area contributed by atoms with Gasteiger partial charge in [-0.25, -0.2) is 0 Å². The quantitative estimate of drug-likeness (QED) is 0.832. The van der Waals surface area contributed by atoms with Crippen LogP contribution in [-0.4, -0.2) is 12.5 Å². The maximum absolute atomic E-state index is 12.0. The van der Waals surface area contributed by atoms with Gasteiger partial charge in [-0.3, -0.25) is 4.79 Å². The summed E-state index contributed by atoms with van der Waals surface area (Å²) < 4.78 is 0. The summed E-state index contributed by atoms with van der Waals surface area (Å²) in [6.45, 7) is 8.86. The average Bonchev–Trinajstić information content (AvgIpc) is 2.30. The van der Waals surface area contributed by atoms with Gasteiger partial charge in [-0.15, -0.1) is 0 Å². The SMILES string of the molecule is CC(C)C(C)(C)C(=O)NCCc1ccccc1. The molecular formula is C15H23NO. The van der Waals surface area contributed by atoms with Crippen molar-refractivity contribution in [2.45, 2.75) is 34.1 Å². The van der Waals surface area contributed by atoms with Crippen LogP contribution in [0.15, 0.2) is 30.3 Å². The van der Waals surface area contributed by atoms with Crippen LogP contribution >= 0.6 is 0 Å². The molecule has 17 heavy (non-hydrogen) atoms. The maximum Gasteiger partial charge on any atom is 0.225 e. The number of amides is 1. The number of benzene rings is 1. The van der Waals surface area contributed by atoms with Crippen molar-refractivity contribution in [3.8, 4) is 0 Å². The fourth-order valence-corrected chi connectivity index (χ4v) is 1.46. The van der Waals surface area contributed by atoms with Gasteiger partial charge >= 0.3 is 0 Å². The topological polar surface area (TPSA) is 29.1 Å². The van der Waals surface area contributed by atoms with E-state index in [0.717, 1.165) is 6.42 Å². The zero-order chi connectivity index (χ0) is 12.9. The van der Waals surface area contributed by atoms with Crippen LogP contribution in [0.1, 0.15) is 33.3 Å². The highest BCUT2D eigenvalue weighted by atomic mass is 16.2. The molecule has 0 saturated carbocycles. The zero-order valence-electron chi connectivity index (χ0n) is 11.3. The maximum atomic E-state index is 12.0. The van der Waals surface area contributed by atoms with Crippen molar-refractivity contribution in [1.82, 2.24) is 5.32 Å². The van der Waals surface area contributed by atoms with Gasteiger partial charge in [0, 0.05) is 12.0 Å². The van der Waals surface area contributed by atoms with Crippen molar-refractivity contribution in [3.05, 3.63) is 35.9 Å². The standard InChI is InChI=1S/C15H23NO/c1-12(2)15(3,4)14(17)16-11-10-13-8-6-5-7-9-13/h5-9,12H,10-11H2,1-4H3,(H,16,17). The monoisotopic (exact) mass is 233 g/mol. The predicted octanol–water partition coefficient (Wildman–Crippen LogP) is 3.03. The van der Waals surface area contributed by atoms with E-state index in [2.05, 4.69) is 31.3 Å². The highest BCUT2D eigenvalue weighted by Gasteiger charge is 2.30. The lowest BCUT2D eigenvalue weighted by molar-refractivity contribution is -0.131. The van der Waals surface area contributed by atoms with Gasteiger partial charge in [0.05, 0.1) is 0 Å². The third-order valence-electron chi connectivity index (χ3n) is 3.57. The number of hydrogen-bond donors (Lipinski definition) is 1. The molecule has 0 unspecified atom stereocenters. The second-order valence-corrected chi connectivity index (χ2v) is 5.37. The van der Waals surface area contributed by atoms with Crippen molar-refractivity contribution in [3.63, 3.8) is 0 Å². The molecule has 0 aliphatic rings. The molecule has 0 fully saturated rings. The van der Waals surface area contributed by atoms with E-state index in [1.807, 2.05) is 32.0 Å². The van der Waals surface area contributed by atoms with Crippen LogP contribution in [0.2, 0.25) is 0 Å². The normalized spacial score (nSPS) is 11.6. The van der Waals surface area contributed by atoms with Gasteiger partial charge in [-0.2, -0.15) is 0 Å². The second kappa shape index (κ2) is 5.85.